The van der Waals surface area contributed by atoms with Gasteiger partial charge in [-0.05, 0) is 43.2 Å². The number of nitrogens with zero attached hydrogens (tertiary/aromatic N) is 2. The van der Waals surface area contributed by atoms with Gasteiger partial charge in [-0.1, -0.05) is 12.1 Å². The molecule has 0 aliphatic carbocycles. The summed E-state index contributed by atoms with van der Waals surface area (Å²) in [6.07, 6.45) is 1.79. The van der Waals surface area contributed by atoms with E-state index in [-0.39, 0.29) is 10.8 Å². The molecule has 1 amide bonds. The number of nitrogens with one attached hydrogen (secondary N) is 1. The highest BCUT2D eigenvalue weighted by Crippen LogP contribution is 2.38. The van der Waals surface area contributed by atoms with E-state index in [4.69, 9.17) is 0 Å². The first kappa shape index (κ1) is 16.1. The second kappa shape index (κ2) is 5.86. The number of fused-ring (bicyclic) bond motifs is 2. The number of carbonyl (C=O) groups is 1. The minimum Gasteiger partial charge on any atom is -0.342 e. The molecule has 1 N–H and O–H groups in total. The summed E-state index contributed by atoms with van der Waals surface area (Å²) in [4.78, 5) is 14.6. The minimum absolute atomic E-state index is 0.198. The number of anilines is 3. The maximum absolute atomic E-state index is 12.8. The lowest BCUT2D eigenvalue weighted by Gasteiger charge is -2.22. The van der Waals surface area contributed by atoms with Gasteiger partial charge in [0.2, 0.25) is 10.0 Å². The molecule has 2 aliphatic heterocycles. The molecule has 2 aliphatic rings. The molecule has 0 aromatic heterocycles. The molecule has 2 heterocycles. The lowest BCUT2D eigenvalue weighted by atomic mass is 10.1. The predicted octanol–water partition coefficient (Wildman–Crippen LogP) is 2.80. The Morgan fingerprint density at radius 3 is 2.48 bits per heavy atom. The molecule has 2 aromatic carbocycles. The zero-order chi connectivity index (χ0) is 17.6. The molecule has 0 unspecified atom stereocenters. The average Bonchev–Trinajstić information content (AvgIpc) is 3.13. The van der Waals surface area contributed by atoms with E-state index >= 15 is 0 Å². The molecule has 0 radical (unpaired) electrons. The van der Waals surface area contributed by atoms with E-state index in [0.29, 0.717) is 30.0 Å². The number of carbonyl (C=O) groups excluding carboxylic acids is 1. The van der Waals surface area contributed by atoms with Gasteiger partial charge in [0.05, 0.1) is 27.5 Å². The van der Waals surface area contributed by atoms with Crippen molar-refractivity contribution in [2.24, 2.45) is 0 Å². The summed E-state index contributed by atoms with van der Waals surface area (Å²) in [5.74, 6) is -0.198. The third-order valence-corrected chi connectivity index (χ3v) is 6.69. The summed E-state index contributed by atoms with van der Waals surface area (Å²) in [5.41, 5.74) is 2.57. The Hall–Kier alpha value is -2.38. The quantitative estimate of drug-likeness (QED) is 0.897. The summed E-state index contributed by atoms with van der Waals surface area (Å²) < 4.78 is 27.2. The molecule has 4 rings (SSSR count). The Balaban J connectivity index is 1.83. The van der Waals surface area contributed by atoms with Crippen LogP contribution in [0.4, 0.5) is 17.1 Å². The smallest absolute Gasteiger partial charge is 0.257 e. The molecule has 1 fully saturated rings. The van der Waals surface area contributed by atoms with Gasteiger partial charge in [0.25, 0.3) is 5.91 Å². The van der Waals surface area contributed by atoms with Crippen LogP contribution in [0.15, 0.2) is 47.4 Å². The van der Waals surface area contributed by atoms with Crippen molar-refractivity contribution in [1.82, 2.24) is 4.31 Å². The van der Waals surface area contributed by atoms with Crippen molar-refractivity contribution < 1.29 is 13.2 Å². The fraction of sp³-hybridized carbons (Fsp3) is 0.278. The highest BCUT2D eigenvalue weighted by atomic mass is 32.2. The second-order valence-electron chi connectivity index (χ2n) is 6.32. The van der Waals surface area contributed by atoms with Crippen LogP contribution in [0.25, 0.3) is 0 Å². The normalized spacial score (nSPS) is 17.6. The third kappa shape index (κ3) is 2.60. The zero-order valence-corrected chi connectivity index (χ0v) is 14.7. The van der Waals surface area contributed by atoms with Crippen molar-refractivity contribution in [3.63, 3.8) is 0 Å². The van der Waals surface area contributed by atoms with Crippen LogP contribution in [0.3, 0.4) is 0 Å². The van der Waals surface area contributed by atoms with Gasteiger partial charge < -0.3 is 10.2 Å². The molecule has 0 atom stereocenters. The Morgan fingerprint density at radius 1 is 1.00 bits per heavy atom. The van der Waals surface area contributed by atoms with Gasteiger partial charge in [-0.2, -0.15) is 4.31 Å². The number of hydrogen-bond acceptors (Lipinski definition) is 4. The molecular weight excluding hydrogens is 338 g/mol. The van der Waals surface area contributed by atoms with Gasteiger partial charge in [-0.3, -0.25) is 4.79 Å². The van der Waals surface area contributed by atoms with Crippen molar-refractivity contribution >= 4 is 33.0 Å². The first-order valence-electron chi connectivity index (χ1n) is 8.27. The van der Waals surface area contributed by atoms with Gasteiger partial charge in [0.1, 0.15) is 0 Å². The Bertz CT molecular complexity index is 950. The standard InChI is InChI=1S/C18H19N3O3S/c1-20-16-7-3-2-6-14(16)18(22)19-15-9-8-13(12-17(15)20)25(23,24)21-10-4-5-11-21/h2-3,6-9,12H,4-5,10-11H2,1H3,(H,19,22). The SMILES string of the molecule is CN1c2cc(S(=O)(=O)N3CCCC3)ccc2NC(=O)c2ccccc21. The van der Waals surface area contributed by atoms with Crippen molar-refractivity contribution in [1.29, 1.82) is 0 Å². The summed E-state index contributed by atoms with van der Waals surface area (Å²) in [6.45, 7) is 1.13. The Kier molecular flexibility index (Phi) is 3.77. The van der Waals surface area contributed by atoms with Crippen molar-refractivity contribution in [2.45, 2.75) is 17.7 Å². The first-order chi connectivity index (χ1) is 12.0. The summed E-state index contributed by atoms with van der Waals surface area (Å²) in [5, 5.41) is 2.87. The molecular formula is C18H19N3O3S. The molecule has 130 valence electrons. The van der Waals surface area contributed by atoms with Gasteiger partial charge in [-0.15, -0.1) is 0 Å². The predicted molar refractivity (Wildman–Crippen MR) is 96.9 cm³/mol. The van der Waals surface area contributed by atoms with E-state index in [2.05, 4.69) is 5.32 Å². The maximum Gasteiger partial charge on any atom is 0.257 e. The van der Waals surface area contributed by atoms with Crippen molar-refractivity contribution in [3.8, 4) is 0 Å². The third-order valence-electron chi connectivity index (χ3n) is 4.79. The molecule has 1 saturated heterocycles. The van der Waals surface area contributed by atoms with Crippen LogP contribution in [0.1, 0.15) is 23.2 Å². The largest absolute Gasteiger partial charge is 0.342 e. The first-order valence-corrected chi connectivity index (χ1v) is 9.71. The highest BCUT2D eigenvalue weighted by Gasteiger charge is 2.29. The second-order valence-corrected chi connectivity index (χ2v) is 8.26. The lowest BCUT2D eigenvalue weighted by molar-refractivity contribution is 0.102. The fourth-order valence-corrected chi connectivity index (χ4v) is 4.95. The molecule has 2 aromatic rings. The summed E-state index contributed by atoms with van der Waals surface area (Å²) >= 11 is 0. The van der Waals surface area contributed by atoms with Crippen molar-refractivity contribution in [3.05, 3.63) is 48.0 Å². The van der Waals surface area contributed by atoms with E-state index in [9.17, 15) is 13.2 Å². The van der Waals surface area contributed by atoms with Gasteiger partial charge >= 0.3 is 0 Å². The van der Waals surface area contributed by atoms with Crippen LogP contribution >= 0.6 is 0 Å². The van der Waals surface area contributed by atoms with E-state index in [1.54, 1.807) is 24.3 Å². The lowest BCUT2D eigenvalue weighted by Crippen LogP contribution is -2.28. The monoisotopic (exact) mass is 357 g/mol. The van der Waals surface area contributed by atoms with E-state index in [0.717, 1.165) is 18.5 Å². The number of para-hydroxylation sites is 1. The topological polar surface area (TPSA) is 69.7 Å². The maximum atomic E-state index is 12.8. The fourth-order valence-electron chi connectivity index (χ4n) is 3.41. The molecule has 0 bridgehead atoms. The number of hydrogen-bond donors (Lipinski definition) is 1. The summed E-state index contributed by atoms with van der Waals surface area (Å²) in [6, 6.07) is 12.2. The Labute approximate surface area is 147 Å². The van der Waals surface area contributed by atoms with Crippen LogP contribution in [0.5, 0.6) is 0 Å². The Morgan fingerprint density at radius 2 is 1.72 bits per heavy atom. The molecule has 7 heteroatoms. The van der Waals surface area contributed by atoms with E-state index in [1.807, 2.05) is 30.1 Å². The zero-order valence-electron chi connectivity index (χ0n) is 13.9. The molecule has 0 saturated carbocycles. The number of rotatable bonds is 2. The highest BCUT2D eigenvalue weighted by molar-refractivity contribution is 7.89. The summed E-state index contributed by atoms with van der Waals surface area (Å²) in [7, 11) is -1.67. The van der Waals surface area contributed by atoms with Crippen LogP contribution in [0.2, 0.25) is 0 Å². The number of sulfonamides is 1. The van der Waals surface area contributed by atoms with Gasteiger partial charge in [-0.25, -0.2) is 8.42 Å². The van der Waals surface area contributed by atoms with Crippen molar-refractivity contribution in [2.75, 3.05) is 30.4 Å². The molecule has 25 heavy (non-hydrogen) atoms. The average molecular weight is 357 g/mol. The number of benzene rings is 2. The van der Waals surface area contributed by atoms with Crippen LogP contribution in [-0.2, 0) is 10.0 Å². The van der Waals surface area contributed by atoms with Gasteiger partial charge in [0.15, 0.2) is 0 Å². The van der Waals surface area contributed by atoms with Crippen LogP contribution < -0.4 is 10.2 Å². The van der Waals surface area contributed by atoms with E-state index < -0.39 is 10.0 Å². The number of amides is 1. The minimum atomic E-state index is -3.50. The van der Waals surface area contributed by atoms with Gasteiger partial charge in [0, 0.05) is 20.1 Å². The van der Waals surface area contributed by atoms with E-state index in [1.165, 1.54) is 4.31 Å². The molecule has 6 nitrogen and oxygen atoms in total. The molecule has 0 spiro atoms. The van der Waals surface area contributed by atoms with Crippen LogP contribution in [0, 0.1) is 0 Å². The van der Waals surface area contributed by atoms with Crippen LogP contribution in [-0.4, -0.2) is 38.8 Å².